The summed E-state index contributed by atoms with van der Waals surface area (Å²) in [6, 6.07) is 12.0. The number of aromatic nitrogens is 3. The minimum Gasteiger partial charge on any atom is -0.494 e. The number of hydrogen-bond acceptors (Lipinski definition) is 8. The second-order valence-corrected chi connectivity index (χ2v) is 8.74. The van der Waals surface area contributed by atoms with E-state index in [9.17, 15) is 5.26 Å². The van der Waals surface area contributed by atoms with Crippen molar-refractivity contribution in [2.24, 2.45) is 0 Å². The highest BCUT2D eigenvalue weighted by Crippen LogP contribution is 2.40. The minimum atomic E-state index is 0.355. The summed E-state index contributed by atoms with van der Waals surface area (Å²) in [5, 5.41) is 14.0. The van der Waals surface area contributed by atoms with E-state index in [2.05, 4.69) is 25.8 Å². The van der Waals surface area contributed by atoms with Crippen LogP contribution in [0.25, 0.3) is 22.2 Å². The summed E-state index contributed by atoms with van der Waals surface area (Å²) < 4.78 is 13.6. The second-order valence-electron chi connectivity index (χ2n) is 8.74. The molecular weight excluding hydrogens is 442 g/mol. The Hall–Kier alpha value is -4.45. The van der Waals surface area contributed by atoms with Gasteiger partial charge < -0.3 is 30.0 Å². The fraction of sp³-hybridized carbons (Fsp3) is 0.269. The maximum absolute atomic E-state index is 9.79. The van der Waals surface area contributed by atoms with Crippen LogP contribution < -0.4 is 25.4 Å². The molecular formula is C26H25N7O2. The molecule has 35 heavy (non-hydrogen) atoms. The average Bonchev–Trinajstić information content (AvgIpc) is 3.54. The number of nitrogen functional groups attached to an aromatic ring is 1. The van der Waals surface area contributed by atoms with Gasteiger partial charge in [-0.15, -0.1) is 0 Å². The van der Waals surface area contributed by atoms with Crippen LogP contribution in [0, 0.1) is 11.3 Å². The van der Waals surface area contributed by atoms with E-state index in [1.165, 1.54) is 0 Å². The predicted octanol–water partition coefficient (Wildman–Crippen LogP) is 4.30. The molecule has 0 atom stereocenters. The molecule has 0 saturated carbocycles. The topological polar surface area (TPSA) is 114 Å². The van der Waals surface area contributed by atoms with Crippen molar-refractivity contribution in [1.82, 2.24) is 14.5 Å². The fourth-order valence-electron chi connectivity index (χ4n) is 5.00. The SMILES string of the molecule is COc1cc(N2CCCC2)c(N)cc1Nc1ncc(C#N)c(-c2cn3c4c(cccc24)OCC3)n1. The van der Waals surface area contributed by atoms with Crippen molar-refractivity contribution < 1.29 is 9.47 Å². The van der Waals surface area contributed by atoms with Gasteiger partial charge in [0.2, 0.25) is 5.95 Å². The molecule has 0 amide bonds. The lowest BCUT2D eigenvalue weighted by atomic mass is 10.1. The van der Waals surface area contributed by atoms with Gasteiger partial charge >= 0.3 is 0 Å². The average molecular weight is 468 g/mol. The molecule has 1 saturated heterocycles. The zero-order valence-electron chi connectivity index (χ0n) is 19.4. The van der Waals surface area contributed by atoms with Crippen molar-refractivity contribution in [2.75, 3.05) is 42.8 Å². The number of nitriles is 1. The van der Waals surface area contributed by atoms with Gasteiger partial charge in [-0.25, -0.2) is 9.97 Å². The van der Waals surface area contributed by atoms with E-state index in [0.717, 1.165) is 60.4 Å². The molecule has 1 fully saturated rings. The highest BCUT2D eigenvalue weighted by molar-refractivity contribution is 5.99. The van der Waals surface area contributed by atoms with Crippen molar-refractivity contribution in [3.8, 4) is 28.8 Å². The van der Waals surface area contributed by atoms with E-state index in [-0.39, 0.29) is 0 Å². The highest BCUT2D eigenvalue weighted by atomic mass is 16.5. The van der Waals surface area contributed by atoms with Gasteiger partial charge in [0.25, 0.3) is 0 Å². The molecule has 2 aromatic heterocycles. The van der Waals surface area contributed by atoms with Gasteiger partial charge in [0, 0.05) is 36.3 Å². The third kappa shape index (κ3) is 3.54. The van der Waals surface area contributed by atoms with Crippen LogP contribution in [0.3, 0.4) is 0 Å². The summed E-state index contributed by atoms with van der Waals surface area (Å²) >= 11 is 0. The lowest BCUT2D eigenvalue weighted by molar-refractivity contribution is 0.287. The maximum Gasteiger partial charge on any atom is 0.227 e. The number of rotatable bonds is 5. The Morgan fingerprint density at radius 1 is 1.20 bits per heavy atom. The molecule has 3 N–H and O–H groups in total. The van der Waals surface area contributed by atoms with E-state index in [1.54, 1.807) is 13.3 Å². The lowest BCUT2D eigenvalue weighted by Gasteiger charge is -2.22. The van der Waals surface area contributed by atoms with E-state index in [1.807, 2.05) is 36.5 Å². The number of benzene rings is 2. The Morgan fingerprint density at radius 3 is 2.86 bits per heavy atom. The van der Waals surface area contributed by atoms with Crippen LogP contribution >= 0.6 is 0 Å². The summed E-state index contributed by atoms with van der Waals surface area (Å²) in [5.74, 6) is 1.85. The quantitative estimate of drug-likeness (QED) is 0.418. The largest absolute Gasteiger partial charge is 0.494 e. The molecule has 2 aliphatic heterocycles. The molecule has 176 valence electrons. The standard InChI is InChI=1S/C26H25N7O2/c1-34-23-12-21(32-7-2-3-8-32)19(28)11-20(23)30-26-29-14-16(13-27)24(31-26)18-15-33-9-10-35-22-6-4-5-17(18)25(22)33/h4-6,11-12,14-15H,2-3,7-10,28H2,1H3,(H,29,30,31). The number of methoxy groups -OCH3 is 1. The number of nitrogens with two attached hydrogens (primary N) is 1. The number of hydrogen-bond donors (Lipinski definition) is 2. The first-order valence-electron chi connectivity index (χ1n) is 11.7. The van der Waals surface area contributed by atoms with Gasteiger partial charge in [-0.3, -0.25) is 0 Å². The lowest BCUT2D eigenvalue weighted by Crippen LogP contribution is -2.19. The molecule has 6 rings (SSSR count). The van der Waals surface area contributed by atoms with E-state index in [4.69, 9.17) is 20.2 Å². The number of para-hydroxylation sites is 1. The minimum absolute atomic E-state index is 0.355. The monoisotopic (exact) mass is 467 g/mol. The maximum atomic E-state index is 9.79. The zero-order valence-corrected chi connectivity index (χ0v) is 19.4. The highest BCUT2D eigenvalue weighted by Gasteiger charge is 2.22. The van der Waals surface area contributed by atoms with E-state index >= 15 is 0 Å². The van der Waals surface area contributed by atoms with Crippen LogP contribution in [0.4, 0.5) is 23.0 Å². The summed E-state index contributed by atoms with van der Waals surface area (Å²) in [4.78, 5) is 11.4. The third-order valence-corrected chi connectivity index (χ3v) is 6.66. The summed E-state index contributed by atoms with van der Waals surface area (Å²) in [6.45, 7) is 3.33. The Labute approximate surface area is 202 Å². The number of ether oxygens (including phenoxy) is 2. The van der Waals surface area contributed by atoms with E-state index in [0.29, 0.717) is 40.9 Å². The van der Waals surface area contributed by atoms with Crippen LogP contribution in [-0.2, 0) is 6.54 Å². The number of nitrogens with zero attached hydrogens (tertiary/aromatic N) is 5. The molecule has 0 aliphatic carbocycles. The second kappa shape index (κ2) is 8.40. The van der Waals surface area contributed by atoms with Crippen molar-refractivity contribution in [3.05, 3.63) is 48.3 Å². The molecule has 0 radical (unpaired) electrons. The Bertz CT molecular complexity index is 1480. The van der Waals surface area contributed by atoms with Crippen LogP contribution in [0.15, 0.2) is 42.7 Å². The molecule has 0 spiro atoms. The van der Waals surface area contributed by atoms with Crippen LogP contribution in [-0.4, -0.2) is 41.3 Å². The Balaban J connectivity index is 1.41. The van der Waals surface area contributed by atoms with Crippen molar-refractivity contribution in [2.45, 2.75) is 19.4 Å². The van der Waals surface area contributed by atoms with Crippen molar-refractivity contribution in [1.29, 1.82) is 5.26 Å². The molecule has 4 heterocycles. The molecule has 9 heteroatoms. The smallest absolute Gasteiger partial charge is 0.227 e. The molecule has 2 aliphatic rings. The van der Waals surface area contributed by atoms with Crippen LogP contribution in [0.5, 0.6) is 11.5 Å². The number of anilines is 4. The first-order valence-corrected chi connectivity index (χ1v) is 11.7. The fourth-order valence-corrected chi connectivity index (χ4v) is 5.00. The molecule has 2 aromatic carbocycles. The molecule has 0 unspecified atom stereocenters. The van der Waals surface area contributed by atoms with Crippen molar-refractivity contribution >= 4 is 33.9 Å². The first-order chi connectivity index (χ1) is 17.2. The molecule has 9 nitrogen and oxygen atoms in total. The first kappa shape index (κ1) is 21.1. The van der Waals surface area contributed by atoms with Gasteiger partial charge in [-0.2, -0.15) is 5.26 Å². The normalized spacial score (nSPS) is 14.6. The Kier molecular flexibility index (Phi) is 5.07. The summed E-state index contributed by atoms with van der Waals surface area (Å²) in [5.41, 5.74) is 11.6. The van der Waals surface area contributed by atoms with Gasteiger partial charge in [-0.1, -0.05) is 12.1 Å². The summed E-state index contributed by atoms with van der Waals surface area (Å²) in [7, 11) is 1.63. The van der Waals surface area contributed by atoms with Crippen LogP contribution in [0.2, 0.25) is 0 Å². The molecule has 4 aromatic rings. The predicted molar refractivity (Wildman–Crippen MR) is 135 cm³/mol. The number of nitrogens with one attached hydrogen (secondary N) is 1. The van der Waals surface area contributed by atoms with E-state index < -0.39 is 0 Å². The van der Waals surface area contributed by atoms with Gasteiger partial charge in [0.1, 0.15) is 24.2 Å². The van der Waals surface area contributed by atoms with Crippen molar-refractivity contribution in [3.63, 3.8) is 0 Å². The van der Waals surface area contributed by atoms with Gasteiger partial charge in [0.15, 0.2) is 0 Å². The van der Waals surface area contributed by atoms with Gasteiger partial charge in [-0.05, 0) is 25.0 Å². The summed E-state index contributed by atoms with van der Waals surface area (Å²) in [6.07, 6.45) is 5.90. The Morgan fingerprint density at radius 2 is 2.06 bits per heavy atom. The zero-order chi connectivity index (χ0) is 23.9. The van der Waals surface area contributed by atoms with Crippen LogP contribution in [0.1, 0.15) is 18.4 Å². The third-order valence-electron chi connectivity index (χ3n) is 6.66. The van der Waals surface area contributed by atoms with Gasteiger partial charge in [0.05, 0.1) is 53.7 Å². The molecule has 0 bridgehead atoms.